The van der Waals surface area contributed by atoms with Crippen LogP contribution in [-0.4, -0.2) is 39.9 Å². The number of aromatic carboxylic acids is 1. The highest BCUT2D eigenvalue weighted by atomic mass is 16.5. The van der Waals surface area contributed by atoms with Crippen molar-refractivity contribution in [2.24, 2.45) is 0 Å². The summed E-state index contributed by atoms with van der Waals surface area (Å²) in [6, 6.07) is 15.3. The van der Waals surface area contributed by atoms with Gasteiger partial charge in [-0.2, -0.15) is 5.10 Å². The Kier molecular flexibility index (Phi) is 5.72. The van der Waals surface area contributed by atoms with Crippen LogP contribution in [0, 0.1) is 0 Å². The van der Waals surface area contributed by atoms with Gasteiger partial charge in [0.25, 0.3) is 0 Å². The average molecular weight is 402 g/mol. The van der Waals surface area contributed by atoms with Gasteiger partial charge in [-0.3, -0.25) is 10.1 Å². The lowest BCUT2D eigenvalue weighted by molar-refractivity contribution is 0.0696. The summed E-state index contributed by atoms with van der Waals surface area (Å²) in [4.78, 5) is 15.7. The monoisotopic (exact) mass is 402 g/mol. The molecule has 0 fully saturated rings. The second kappa shape index (κ2) is 8.75. The fourth-order valence-electron chi connectivity index (χ4n) is 3.46. The van der Waals surface area contributed by atoms with Gasteiger partial charge in [-0.25, -0.2) is 4.79 Å². The molecule has 0 aliphatic carbocycles. The molecule has 0 atom stereocenters. The predicted molar refractivity (Wildman–Crippen MR) is 115 cm³/mol. The second-order valence-corrected chi connectivity index (χ2v) is 6.91. The molecule has 2 heterocycles. The maximum Gasteiger partial charge on any atom is 0.337 e. The summed E-state index contributed by atoms with van der Waals surface area (Å²) >= 11 is 0. The van der Waals surface area contributed by atoms with Gasteiger partial charge >= 0.3 is 5.97 Å². The molecule has 152 valence electrons. The minimum atomic E-state index is -1.04. The molecular weight excluding hydrogens is 380 g/mol. The zero-order chi connectivity index (χ0) is 20.9. The number of pyridine rings is 1. The van der Waals surface area contributed by atoms with Crippen LogP contribution >= 0.6 is 0 Å². The van der Waals surface area contributed by atoms with Crippen molar-refractivity contribution in [1.29, 1.82) is 0 Å². The van der Waals surface area contributed by atoms with Crippen LogP contribution in [0.2, 0.25) is 0 Å². The number of carbonyl (C=O) groups is 1. The number of hydrogen-bond donors (Lipinski definition) is 3. The molecule has 4 rings (SSSR count). The van der Waals surface area contributed by atoms with E-state index in [2.05, 4.69) is 32.6 Å². The number of aromatic amines is 1. The van der Waals surface area contributed by atoms with Gasteiger partial charge in [0.1, 0.15) is 11.4 Å². The Morgan fingerprint density at radius 2 is 1.93 bits per heavy atom. The van der Waals surface area contributed by atoms with Gasteiger partial charge in [0.15, 0.2) is 0 Å². The molecule has 0 saturated carbocycles. The number of aromatic nitrogens is 3. The average Bonchev–Trinajstić information content (AvgIpc) is 3.26. The van der Waals surface area contributed by atoms with E-state index in [9.17, 15) is 9.90 Å². The number of nitrogens with zero attached hydrogens (tertiary/aromatic N) is 2. The van der Waals surface area contributed by atoms with E-state index in [0.29, 0.717) is 24.5 Å². The normalized spacial score (nSPS) is 11.0. The van der Waals surface area contributed by atoms with Gasteiger partial charge in [-0.1, -0.05) is 42.5 Å². The van der Waals surface area contributed by atoms with E-state index in [1.165, 1.54) is 12.3 Å². The van der Waals surface area contributed by atoms with E-state index >= 15 is 0 Å². The first-order chi connectivity index (χ1) is 14.7. The standard InChI is InChI=1S/C23H22N4O3/c1-24-12-17-8-7-15(19-14-26-27-21(17)19)9-10-30-20-11-18(23(28)29)13-25-22(20)16-5-3-2-4-6-16/h2-8,11,13-14,24H,9-10,12H2,1H3,(H,26,27)(H,28,29). The molecule has 0 unspecified atom stereocenters. The van der Waals surface area contributed by atoms with E-state index in [-0.39, 0.29) is 5.56 Å². The van der Waals surface area contributed by atoms with E-state index in [4.69, 9.17) is 4.74 Å². The molecular formula is C23H22N4O3. The van der Waals surface area contributed by atoms with Gasteiger partial charge in [0, 0.05) is 30.1 Å². The molecule has 0 spiro atoms. The van der Waals surface area contributed by atoms with Crippen molar-refractivity contribution in [3.8, 4) is 17.0 Å². The van der Waals surface area contributed by atoms with Crippen LogP contribution in [0.25, 0.3) is 22.2 Å². The predicted octanol–water partition coefficient (Wildman–Crippen LogP) is 3.66. The Morgan fingerprint density at radius 3 is 2.70 bits per heavy atom. The fourth-order valence-corrected chi connectivity index (χ4v) is 3.46. The third-order valence-corrected chi connectivity index (χ3v) is 4.94. The van der Waals surface area contributed by atoms with E-state index < -0.39 is 5.97 Å². The molecule has 4 aromatic rings. The van der Waals surface area contributed by atoms with E-state index in [1.807, 2.05) is 43.6 Å². The van der Waals surface area contributed by atoms with E-state index in [0.717, 1.165) is 34.1 Å². The Hall–Kier alpha value is -3.71. The maximum atomic E-state index is 11.4. The van der Waals surface area contributed by atoms with Crippen LogP contribution in [0.3, 0.4) is 0 Å². The van der Waals surface area contributed by atoms with Crippen molar-refractivity contribution in [2.75, 3.05) is 13.7 Å². The van der Waals surface area contributed by atoms with Crippen LogP contribution in [0.15, 0.2) is 60.9 Å². The maximum absolute atomic E-state index is 11.4. The zero-order valence-corrected chi connectivity index (χ0v) is 16.6. The summed E-state index contributed by atoms with van der Waals surface area (Å²) in [5, 5.41) is 20.8. The zero-order valence-electron chi connectivity index (χ0n) is 16.6. The fraction of sp³-hybridized carbons (Fsp3) is 0.174. The molecule has 3 N–H and O–H groups in total. The number of nitrogens with one attached hydrogen (secondary N) is 2. The van der Waals surface area contributed by atoms with Crippen molar-refractivity contribution in [3.05, 3.63) is 77.6 Å². The Labute approximate surface area is 173 Å². The summed E-state index contributed by atoms with van der Waals surface area (Å²) in [7, 11) is 1.91. The third-order valence-electron chi connectivity index (χ3n) is 4.94. The summed E-state index contributed by atoms with van der Waals surface area (Å²) in [5.74, 6) is -0.580. The van der Waals surface area contributed by atoms with Crippen LogP contribution in [0.4, 0.5) is 0 Å². The SMILES string of the molecule is CNCc1ccc(CCOc2cc(C(=O)O)cnc2-c2ccccc2)c2cn[nH]c12. The first-order valence-electron chi connectivity index (χ1n) is 9.67. The number of ether oxygens (including phenoxy) is 1. The Morgan fingerprint density at radius 1 is 1.13 bits per heavy atom. The number of carboxylic acid groups (broad SMARTS) is 1. The van der Waals surface area contributed by atoms with Crippen molar-refractivity contribution in [1.82, 2.24) is 20.5 Å². The lowest BCUT2D eigenvalue weighted by atomic mass is 10.0. The molecule has 0 bridgehead atoms. The molecule has 7 nitrogen and oxygen atoms in total. The summed E-state index contributed by atoms with van der Waals surface area (Å²) in [5.41, 5.74) is 4.87. The molecule has 0 radical (unpaired) electrons. The van der Waals surface area contributed by atoms with Crippen LogP contribution in [0.5, 0.6) is 5.75 Å². The second-order valence-electron chi connectivity index (χ2n) is 6.91. The van der Waals surface area contributed by atoms with Crippen molar-refractivity contribution >= 4 is 16.9 Å². The van der Waals surface area contributed by atoms with Gasteiger partial charge < -0.3 is 15.2 Å². The minimum absolute atomic E-state index is 0.0957. The van der Waals surface area contributed by atoms with Gasteiger partial charge in [0.2, 0.25) is 0 Å². The number of hydrogen-bond acceptors (Lipinski definition) is 5. The molecule has 0 aliphatic rings. The Bertz CT molecular complexity index is 1170. The number of H-pyrrole nitrogens is 1. The first kappa shape index (κ1) is 19.6. The highest BCUT2D eigenvalue weighted by Crippen LogP contribution is 2.29. The van der Waals surface area contributed by atoms with Crippen molar-refractivity contribution in [3.63, 3.8) is 0 Å². The van der Waals surface area contributed by atoms with Gasteiger partial charge in [-0.05, 0) is 24.2 Å². The lowest BCUT2D eigenvalue weighted by Crippen LogP contribution is -2.08. The van der Waals surface area contributed by atoms with Crippen LogP contribution < -0.4 is 10.1 Å². The smallest absolute Gasteiger partial charge is 0.337 e. The molecule has 2 aromatic carbocycles. The molecule has 7 heteroatoms. The van der Waals surface area contributed by atoms with Crippen molar-refractivity contribution < 1.29 is 14.6 Å². The van der Waals surface area contributed by atoms with E-state index in [1.54, 1.807) is 0 Å². The lowest BCUT2D eigenvalue weighted by Gasteiger charge is -2.13. The summed E-state index contributed by atoms with van der Waals surface area (Å²) in [6.07, 6.45) is 3.83. The molecule has 0 aliphatic heterocycles. The van der Waals surface area contributed by atoms with Gasteiger partial charge in [-0.15, -0.1) is 0 Å². The number of carboxylic acids is 1. The van der Waals surface area contributed by atoms with Crippen LogP contribution in [0.1, 0.15) is 21.5 Å². The molecule has 0 amide bonds. The number of rotatable bonds is 8. The Balaban J connectivity index is 1.57. The summed E-state index contributed by atoms with van der Waals surface area (Å²) < 4.78 is 6.02. The quantitative estimate of drug-likeness (QED) is 0.416. The van der Waals surface area contributed by atoms with Crippen LogP contribution in [-0.2, 0) is 13.0 Å². The third kappa shape index (κ3) is 4.01. The molecule has 0 saturated heterocycles. The highest BCUT2D eigenvalue weighted by molar-refractivity contribution is 5.88. The summed E-state index contributed by atoms with van der Waals surface area (Å²) in [6.45, 7) is 1.14. The number of benzene rings is 2. The largest absolute Gasteiger partial charge is 0.491 e. The molecule has 30 heavy (non-hydrogen) atoms. The highest BCUT2D eigenvalue weighted by Gasteiger charge is 2.14. The minimum Gasteiger partial charge on any atom is -0.491 e. The topological polar surface area (TPSA) is 100 Å². The van der Waals surface area contributed by atoms with Crippen molar-refractivity contribution in [2.45, 2.75) is 13.0 Å². The molecule has 2 aromatic heterocycles. The number of fused-ring (bicyclic) bond motifs is 1. The van der Waals surface area contributed by atoms with Gasteiger partial charge in [0.05, 0.1) is 23.9 Å². The first-order valence-corrected chi connectivity index (χ1v) is 9.67.